The molecule has 0 spiro atoms. The van der Waals surface area contributed by atoms with Gasteiger partial charge in [0.1, 0.15) is 5.75 Å². The number of carbonyl (C=O) groups excluding carboxylic acids is 1. The van der Waals surface area contributed by atoms with E-state index in [9.17, 15) is 4.79 Å². The van der Waals surface area contributed by atoms with Gasteiger partial charge in [-0.15, -0.1) is 0 Å². The molecule has 0 aliphatic heterocycles. The van der Waals surface area contributed by atoms with Crippen LogP contribution in [-0.4, -0.2) is 24.2 Å². The molecule has 4 nitrogen and oxygen atoms in total. The molecule has 1 aromatic heterocycles. The van der Waals surface area contributed by atoms with E-state index in [2.05, 4.69) is 18.0 Å². The van der Waals surface area contributed by atoms with E-state index in [1.807, 2.05) is 50.4 Å². The number of carbonyl (C=O) groups is 1. The molecular formula is C20H25NO3. The molecule has 0 saturated carbocycles. The van der Waals surface area contributed by atoms with Crippen LogP contribution in [0.15, 0.2) is 42.6 Å². The quantitative estimate of drug-likeness (QED) is 0.689. The summed E-state index contributed by atoms with van der Waals surface area (Å²) in [5.74, 6) is 0.327. The van der Waals surface area contributed by atoms with Crippen LogP contribution >= 0.6 is 0 Å². The van der Waals surface area contributed by atoms with Crippen molar-refractivity contribution in [3.05, 3.63) is 59.4 Å². The minimum Gasteiger partial charge on any atom is -0.493 e. The van der Waals surface area contributed by atoms with Crippen molar-refractivity contribution in [2.45, 2.75) is 39.5 Å². The second-order valence-electron chi connectivity index (χ2n) is 5.65. The highest BCUT2D eigenvalue weighted by Gasteiger charge is 2.16. The molecule has 24 heavy (non-hydrogen) atoms. The van der Waals surface area contributed by atoms with Crippen LogP contribution in [0.5, 0.6) is 5.75 Å². The van der Waals surface area contributed by atoms with Crippen molar-refractivity contribution in [1.82, 2.24) is 4.98 Å². The highest BCUT2D eigenvalue weighted by Crippen LogP contribution is 2.20. The molecule has 1 heterocycles. The molecule has 0 bridgehead atoms. The monoisotopic (exact) mass is 327 g/mol. The number of hydrogen-bond donors (Lipinski definition) is 0. The number of ether oxygens (including phenoxy) is 2. The molecule has 0 aliphatic rings. The third-order valence-electron chi connectivity index (χ3n) is 3.94. The molecule has 0 N–H and O–H groups in total. The molecule has 0 radical (unpaired) electrons. The smallest absolute Gasteiger partial charge is 0.313 e. The Hall–Kier alpha value is -2.36. The summed E-state index contributed by atoms with van der Waals surface area (Å²) in [6, 6.07) is 11.7. The summed E-state index contributed by atoms with van der Waals surface area (Å²) in [6.45, 7) is 6.75. The zero-order valence-corrected chi connectivity index (χ0v) is 14.6. The van der Waals surface area contributed by atoms with E-state index in [0.717, 1.165) is 29.8 Å². The SMILES string of the molecule is CCOC(=O)[C@H](C)c1ccc(OCCc2ccc(CC)cn2)cc1. The van der Waals surface area contributed by atoms with E-state index in [4.69, 9.17) is 9.47 Å². The Bertz CT molecular complexity index is 635. The average Bonchev–Trinajstić information content (AvgIpc) is 2.62. The molecular weight excluding hydrogens is 302 g/mol. The molecule has 0 fully saturated rings. The van der Waals surface area contributed by atoms with Crippen LogP contribution in [0, 0.1) is 0 Å². The van der Waals surface area contributed by atoms with Crippen LogP contribution in [0.2, 0.25) is 0 Å². The maximum atomic E-state index is 11.7. The van der Waals surface area contributed by atoms with E-state index >= 15 is 0 Å². The predicted molar refractivity (Wildman–Crippen MR) is 94.3 cm³/mol. The fourth-order valence-corrected chi connectivity index (χ4v) is 2.34. The first-order valence-corrected chi connectivity index (χ1v) is 8.47. The maximum absolute atomic E-state index is 11.7. The molecule has 1 atom stereocenters. The number of nitrogens with zero attached hydrogens (tertiary/aromatic N) is 1. The van der Waals surface area contributed by atoms with Gasteiger partial charge in [0.25, 0.3) is 0 Å². The van der Waals surface area contributed by atoms with E-state index in [1.165, 1.54) is 5.56 Å². The van der Waals surface area contributed by atoms with E-state index in [-0.39, 0.29) is 11.9 Å². The van der Waals surface area contributed by atoms with Crippen LogP contribution in [0.1, 0.15) is 43.5 Å². The molecule has 4 heteroatoms. The summed E-state index contributed by atoms with van der Waals surface area (Å²) in [5, 5.41) is 0. The van der Waals surface area contributed by atoms with Crippen molar-refractivity contribution in [3.8, 4) is 5.75 Å². The number of benzene rings is 1. The van der Waals surface area contributed by atoms with Crippen molar-refractivity contribution in [3.63, 3.8) is 0 Å². The number of rotatable bonds is 8. The van der Waals surface area contributed by atoms with Gasteiger partial charge in [-0.2, -0.15) is 0 Å². The second-order valence-corrected chi connectivity index (χ2v) is 5.65. The molecule has 0 unspecified atom stereocenters. The Balaban J connectivity index is 1.84. The standard InChI is InChI=1S/C20H25NO3/c1-4-16-6-9-18(21-14-16)12-13-24-19-10-7-17(8-11-19)15(3)20(22)23-5-2/h6-11,14-15H,4-5,12-13H2,1-3H3/t15-/m1/s1. The summed E-state index contributed by atoms with van der Waals surface area (Å²) in [4.78, 5) is 16.2. The molecule has 128 valence electrons. The van der Waals surface area contributed by atoms with Crippen molar-refractivity contribution >= 4 is 5.97 Å². The van der Waals surface area contributed by atoms with Crippen molar-refractivity contribution in [1.29, 1.82) is 0 Å². The number of hydrogen-bond acceptors (Lipinski definition) is 4. The fourth-order valence-electron chi connectivity index (χ4n) is 2.34. The van der Waals surface area contributed by atoms with Crippen LogP contribution < -0.4 is 4.74 Å². The molecule has 0 saturated heterocycles. The highest BCUT2D eigenvalue weighted by atomic mass is 16.5. The summed E-state index contributed by atoms with van der Waals surface area (Å²) in [5.41, 5.74) is 3.20. The van der Waals surface area contributed by atoms with E-state index in [1.54, 1.807) is 0 Å². The summed E-state index contributed by atoms with van der Waals surface area (Å²) in [6.07, 6.45) is 3.69. The lowest BCUT2D eigenvalue weighted by Crippen LogP contribution is -2.12. The predicted octanol–water partition coefficient (Wildman–Crippen LogP) is 3.93. The van der Waals surface area contributed by atoms with Crippen LogP contribution in [-0.2, 0) is 22.4 Å². The van der Waals surface area contributed by atoms with Gasteiger partial charge < -0.3 is 9.47 Å². The zero-order chi connectivity index (χ0) is 17.4. The van der Waals surface area contributed by atoms with Gasteiger partial charge in [-0.1, -0.05) is 25.1 Å². The van der Waals surface area contributed by atoms with Crippen molar-refractivity contribution in [2.24, 2.45) is 0 Å². The summed E-state index contributed by atoms with van der Waals surface area (Å²) < 4.78 is 10.8. The van der Waals surface area contributed by atoms with Gasteiger partial charge in [-0.05, 0) is 49.6 Å². The largest absolute Gasteiger partial charge is 0.493 e. The first kappa shape index (κ1) is 18.0. The van der Waals surface area contributed by atoms with Crippen molar-refractivity contribution in [2.75, 3.05) is 13.2 Å². The number of pyridine rings is 1. The van der Waals surface area contributed by atoms with Gasteiger partial charge in [0.15, 0.2) is 0 Å². The molecule has 2 aromatic rings. The first-order valence-electron chi connectivity index (χ1n) is 8.47. The van der Waals surface area contributed by atoms with E-state index in [0.29, 0.717) is 13.2 Å². The Morgan fingerprint density at radius 1 is 1.12 bits per heavy atom. The topological polar surface area (TPSA) is 48.4 Å². The second kappa shape index (κ2) is 9.06. The molecule has 1 aromatic carbocycles. The van der Waals surface area contributed by atoms with E-state index < -0.39 is 0 Å². The van der Waals surface area contributed by atoms with Crippen molar-refractivity contribution < 1.29 is 14.3 Å². The number of aryl methyl sites for hydroxylation is 1. The maximum Gasteiger partial charge on any atom is 0.313 e. The van der Waals surface area contributed by atoms with Crippen LogP contribution in [0.3, 0.4) is 0 Å². The highest BCUT2D eigenvalue weighted by molar-refractivity contribution is 5.77. The van der Waals surface area contributed by atoms with Gasteiger partial charge >= 0.3 is 5.97 Å². The Kier molecular flexibility index (Phi) is 6.79. The zero-order valence-electron chi connectivity index (χ0n) is 14.6. The molecule has 0 aliphatic carbocycles. The third kappa shape index (κ3) is 5.08. The van der Waals surface area contributed by atoms with Crippen LogP contribution in [0.4, 0.5) is 0 Å². The van der Waals surface area contributed by atoms with Gasteiger partial charge in [-0.25, -0.2) is 0 Å². The lowest BCUT2D eigenvalue weighted by atomic mass is 10.0. The third-order valence-corrected chi connectivity index (χ3v) is 3.94. The number of esters is 1. The van der Waals surface area contributed by atoms with Crippen LogP contribution in [0.25, 0.3) is 0 Å². The Labute approximate surface area is 143 Å². The van der Waals surface area contributed by atoms with Gasteiger partial charge in [-0.3, -0.25) is 9.78 Å². The normalized spacial score (nSPS) is 11.8. The lowest BCUT2D eigenvalue weighted by molar-refractivity contribution is -0.144. The Morgan fingerprint density at radius 3 is 2.46 bits per heavy atom. The van der Waals surface area contributed by atoms with Gasteiger partial charge in [0.2, 0.25) is 0 Å². The fraction of sp³-hybridized carbons (Fsp3) is 0.400. The first-order chi connectivity index (χ1) is 11.6. The Morgan fingerprint density at radius 2 is 1.88 bits per heavy atom. The van der Waals surface area contributed by atoms with Gasteiger partial charge in [0, 0.05) is 18.3 Å². The molecule has 2 rings (SSSR count). The minimum absolute atomic E-state index is 0.201. The lowest BCUT2D eigenvalue weighted by Gasteiger charge is -2.12. The average molecular weight is 327 g/mol. The number of aromatic nitrogens is 1. The molecule has 0 amide bonds. The van der Waals surface area contributed by atoms with Gasteiger partial charge in [0.05, 0.1) is 19.1 Å². The summed E-state index contributed by atoms with van der Waals surface area (Å²) >= 11 is 0. The summed E-state index contributed by atoms with van der Waals surface area (Å²) in [7, 11) is 0. The minimum atomic E-state index is -0.264.